The van der Waals surface area contributed by atoms with Crippen LogP contribution in [0.3, 0.4) is 0 Å². The number of rotatable bonds is 2. The molecule has 0 radical (unpaired) electrons. The molecule has 1 aromatic carbocycles. The molecule has 1 amide bonds. The van der Waals surface area contributed by atoms with Gasteiger partial charge in [-0.1, -0.05) is 13.8 Å². The zero-order chi connectivity index (χ0) is 17.1. The van der Waals surface area contributed by atoms with Crippen LogP contribution in [0.5, 0.6) is 0 Å². The van der Waals surface area contributed by atoms with E-state index in [0.29, 0.717) is 17.2 Å². The molecule has 1 saturated carbocycles. The summed E-state index contributed by atoms with van der Waals surface area (Å²) in [5, 5.41) is 2.97. The van der Waals surface area contributed by atoms with Crippen molar-refractivity contribution in [3.8, 4) is 0 Å². The summed E-state index contributed by atoms with van der Waals surface area (Å²) in [5.74, 6) is 0.518. The summed E-state index contributed by atoms with van der Waals surface area (Å²) in [5.41, 5.74) is 7.41. The highest BCUT2D eigenvalue weighted by Gasteiger charge is 2.70. The third-order valence-corrected chi connectivity index (χ3v) is 5.81. The van der Waals surface area contributed by atoms with Gasteiger partial charge in [-0.3, -0.25) is 4.79 Å². The summed E-state index contributed by atoms with van der Waals surface area (Å²) in [4.78, 5) is 17.3. The second-order valence-electron chi connectivity index (χ2n) is 7.50. The summed E-state index contributed by atoms with van der Waals surface area (Å²) in [6.45, 7) is 6.59. The first-order valence-corrected chi connectivity index (χ1v) is 8.43. The first-order chi connectivity index (χ1) is 11.3. The number of hydrogen-bond acceptors (Lipinski definition) is 5. The Balaban J connectivity index is 1.60. The molecule has 1 aliphatic carbocycles. The largest absolute Gasteiger partial charge is 0.441 e. The van der Waals surface area contributed by atoms with E-state index in [1.165, 1.54) is 0 Å². The van der Waals surface area contributed by atoms with E-state index >= 15 is 0 Å². The normalized spacial score (nSPS) is 31.3. The van der Waals surface area contributed by atoms with Crippen LogP contribution < -0.4 is 11.1 Å². The first kappa shape index (κ1) is 15.6. The van der Waals surface area contributed by atoms with Gasteiger partial charge >= 0.3 is 0 Å². The molecular formula is C18H23N3O3. The minimum atomic E-state index is -0.924. The lowest BCUT2D eigenvalue weighted by atomic mass is 9.46. The Labute approximate surface area is 140 Å². The molecule has 0 bridgehead atoms. The van der Waals surface area contributed by atoms with Gasteiger partial charge in [-0.05, 0) is 31.0 Å². The van der Waals surface area contributed by atoms with Crippen LogP contribution in [-0.4, -0.2) is 29.1 Å². The number of nitrogens with one attached hydrogen (secondary N) is 1. The Hall–Kier alpha value is -1.92. The average Bonchev–Trinajstić information content (AvgIpc) is 2.93. The van der Waals surface area contributed by atoms with E-state index in [1.807, 2.05) is 32.0 Å². The van der Waals surface area contributed by atoms with Gasteiger partial charge in [-0.15, -0.1) is 0 Å². The summed E-state index contributed by atoms with van der Waals surface area (Å²) in [6.07, 6.45) is 1.94. The molecule has 4 rings (SSSR count). The highest BCUT2D eigenvalue weighted by atomic mass is 16.5. The van der Waals surface area contributed by atoms with E-state index in [2.05, 4.69) is 10.3 Å². The van der Waals surface area contributed by atoms with Crippen molar-refractivity contribution in [2.45, 2.75) is 45.3 Å². The number of ether oxygens (including phenoxy) is 1. The lowest BCUT2D eigenvalue weighted by Gasteiger charge is -2.65. The van der Waals surface area contributed by atoms with Crippen LogP contribution >= 0.6 is 0 Å². The highest BCUT2D eigenvalue weighted by molar-refractivity contribution is 6.01. The maximum absolute atomic E-state index is 13.0. The van der Waals surface area contributed by atoms with Crippen molar-refractivity contribution < 1.29 is 13.9 Å². The number of hydrogen-bond donors (Lipinski definition) is 2. The van der Waals surface area contributed by atoms with Crippen molar-refractivity contribution in [2.75, 3.05) is 11.9 Å². The highest BCUT2D eigenvalue weighted by Crippen LogP contribution is 2.57. The molecule has 2 fully saturated rings. The van der Waals surface area contributed by atoms with E-state index in [9.17, 15) is 4.79 Å². The third-order valence-electron chi connectivity index (χ3n) is 5.81. The van der Waals surface area contributed by atoms with Crippen LogP contribution in [0, 0.1) is 18.3 Å². The van der Waals surface area contributed by atoms with Crippen LogP contribution in [-0.2, 0) is 9.53 Å². The molecule has 24 heavy (non-hydrogen) atoms. The molecule has 3 N–H and O–H groups in total. The van der Waals surface area contributed by atoms with Gasteiger partial charge in [0.05, 0.1) is 6.10 Å². The van der Waals surface area contributed by atoms with Crippen molar-refractivity contribution in [1.82, 2.24) is 4.98 Å². The van der Waals surface area contributed by atoms with Gasteiger partial charge in [-0.2, -0.15) is 0 Å². The fourth-order valence-electron chi connectivity index (χ4n) is 4.39. The topological polar surface area (TPSA) is 90.4 Å². The molecule has 0 spiro atoms. The SMILES string of the molecule is Cc1nc2cc(NC(=O)C3(N)C4CCCOC4C3(C)C)ccc2o1. The van der Waals surface area contributed by atoms with Gasteiger partial charge < -0.3 is 20.2 Å². The second kappa shape index (κ2) is 5.04. The van der Waals surface area contributed by atoms with Crippen LogP contribution in [0.2, 0.25) is 0 Å². The second-order valence-corrected chi connectivity index (χ2v) is 7.50. The molecule has 1 aromatic heterocycles. The van der Waals surface area contributed by atoms with E-state index in [0.717, 1.165) is 25.0 Å². The fraction of sp³-hybridized carbons (Fsp3) is 0.556. The Morgan fingerprint density at radius 1 is 1.42 bits per heavy atom. The molecule has 2 aromatic rings. The summed E-state index contributed by atoms with van der Waals surface area (Å²) in [7, 11) is 0. The monoisotopic (exact) mass is 329 g/mol. The smallest absolute Gasteiger partial charge is 0.245 e. The molecule has 3 unspecified atom stereocenters. The van der Waals surface area contributed by atoms with E-state index in [1.54, 1.807) is 6.92 Å². The van der Waals surface area contributed by atoms with Crippen LogP contribution in [0.1, 0.15) is 32.6 Å². The molecule has 6 nitrogen and oxygen atoms in total. The summed E-state index contributed by atoms with van der Waals surface area (Å²) >= 11 is 0. The number of oxazole rings is 1. The average molecular weight is 329 g/mol. The Kier molecular flexibility index (Phi) is 3.27. The molecule has 3 atom stereocenters. The van der Waals surface area contributed by atoms with Gasteiger partial charge in [-0.25, -0.2) is 4.98 Å². The van der Waals surface area contributed by atoms with Gasteiger partial charge in [0.15, 0.2) is 11.5 Å². The van der Waals surface area contributed by atoms with E-state index in [-0.39, 0.29) is 17.9 Å². The van der Waals surface area contributed by atoms with Gasteiger partial charge in [0.25, 0.3) is 0 Å². The number of carbonyl (C=O) groups excluding carboxylic acids is 1. The zero-order valence-corrected chi connectivity index (χ0v) is 14.3. The predicted molar refractivity (Wildman–Crippen MR) is 90.5 cm³/mol. The van der Waals surface area contributed by atoms with Crippen LogP contribution in [0.15, 0.2) is 22.6 Å². The Morgan fingerprint density at radius 3 is 3.00 bits per heavy atom. The van der Waals surface area contributed by atoms with Crippen molar-refractivity contribution in [3.05, 3.63) is 24.1 Å². The molecule has 6 heteroatoms. The van der Waals surface area contributed by atoms with Crippen LogP contribution in [0.4, 0.5) is 5.69 Å². The number of aryl methyl sites for hydroxylation is 1. The summed E-state index contributed by atoms with van der Waals surface area (Å²) in [6, 6.07) is 5.44. The molecule has 1 aliphatic heterocycles. The number of aromatic nitrogens is 1. The number of nitrogens with zero attached hydrogens (tertiary/aromatic N) is 1. The maximum Gasteiger partial charge on any atom is 0.245 e. The minimum Gasteiger partial charge on any atom is -0.441 e. The lowest BCUT2D eigenvalue weighted by molar-refractivity contribution is -0.222. The number of fused-ring (bicyclic) bond motifs is 2. The number of amides is 1. The van der Waals surface area contributed by atoms with E-state index in [4.69, 9.17) is 14.9 Å². The van der Waals surface area contributed by atoms with Crippen molar-refractivity contribution >= 4 is 22.7 Å². The first-order valence-electron chi connectivity index (χ1n) is 8.43. The van der Waals surface area contributed by atoms with E-state index < -0.39 is 11.0 Å². The van der Waals surface area contributed by atoms with Crippen molar-refractivity contribution in [3.63, 3.8) is 0 Å². The number of nitrogens with two attached hydrogens (primary N) is 1. The number of anilines is 1. The van der Waals surface area contributed by atoms with Gasteiger partial charge in [0.1, 0.15) is 11.1 Å². The quantitative estimate of drug-likeness (QED) is 0.884. The van der Waals surface area contributed by atoms with Crippen molar-refractivity contribution in [1.29, 1.82) is 0 Å². The molecule has 2 aliphatic rings. The van der Waals surface area contributed by atoms with Gasteiger partial charge in [0, 0.05) is 30.6 Å². The third kappa shape index (κ3) is 1.96. The molecule has 1 saturated heterocycles. The predicted octanol–water partition coefficient (Wildman–Crippen LogP) is 2.61. The molecule has 128 valence electrons. The summed E-state index contributed by atoms with van der Waals surface area (Å²) < 4.78 is 11.3. The van der Waals surface area contributed by atoms with Crippen LogP contribution in [0.25, 0.3) is 11.1 Å². The zero-order valence-electron chi connectivity index (χ0n) is 14.3. The Bertz CT molecular complexity index is 813. The molecule has 2 heterocycles. The molecular weight excluding hydrogens is 306 g/mol. The number of carbonyl (C=O) groups is 1. The fourth-order valence-corrected chi connectivity index (χ4v) is 4.39. The Morgan fingerprint density at radius 2 is 2.21 bits per heavy atom. The number of benzene rings is 1. The van der Waals surface area contributed by atoms with Gasteiger partial charge in [0.2, 0.25) is 5.91 Å². The van der Waals surface area contributed by atoms with Crippen molar-refractivity contribution in [2.24, 2.45) is 17.1 Å². The standard InChI is InChI=1S/C18H23N3O3/c1-10-20-13-9-11(6-7-14(13)24-10)21-16(22)18(19)12-5-4-8-23-15(12)17(18,2)3/h6-7,9,12,15H,4-5,8,19H2,1-3H3,(H,21,22). The lowest BCUT2D eigenvalue weighted by Crippen LogP contribution is -2.81. The minimum absolute atomic E-state index is 0.0580. The maximum atomic E-state index is 13.0.